The predicted octanol–water partition coefficient (Wildman–Crippen LogP) is 4.11. The Labute approximate surface area is 134 Å². The molecule has 0 heterocycles. The molecule has 1 atom stereocenters. The van der Waals surface area contributed by atoms with E-state index in [1.807, 2.05) is 32.9 Å². The Balaban J connectivity index is 3.09. The van der Waals surface area contributed by atoms with Crippen molar-refractivity contribution >= 4 is 16.1 Å². The Bertz CT molecular complexity index is 600. The van der Waals surface area contributed by atoms with E-state index in [1.165, 1.54) is 0 Å². The molecule has 1 aromatic carbocycles. The van der Waals surface area contributed by atoms with E-state index < -0.39 is 15.3 Å². The minimum atomic E-state index is -3.47. The van der Waals surface area contributed by atoms with Crippen LogP contribution in [0.3, 0.4) is 0 Å². The summed E-state index contributed by atoms with van der Waals surface area (Å²) in [6.45, 7) is 5.84. The second-order valence-electron chi connectivity index (χ2n) is 5.93. The number of unbranched alkanes of at least 4 members (excludes halogenated alkanes) is 1. The molecule has 22 heavy (non-hydrogen) atoms. The van der Waals surface area contributed by atoms with Crippen LogP contribution in [-0.4, -0.2) is 20.5 Å². The average Bonchev–Trinajstić information content (AvgIpc) is 2.50. The first kappa shape index (κ1) is 18.6. The molecule has 1 unspecified atom stereocenters. The largest absolute Gasteiger partial charge is 0.303 e. The van der Waals surface area contributed by atoms with E-state index in [4.69, 9.17) is 0 Å². The molecule has 0 aliphatic rings. The normalized spacial score (nSPS) is 14.9. The summed E-state index contributed by atoms with van der Waals surface area (Å²) in [4.78, 5) is 12.0. The number of hydrogen-bond acceptors (Lipinski definition) is 3. The maximum absolute atomic E-state index is 12.7. The molecule has 1 aromatic rings. The van der Waals surface area contributed by atoms with E-state index in [1.54, 1.807) is 24.3 Å². The highest BCUT2D eigenvalue weighted by Gasteiger charge is 2.34. The number of aryl methyl sites for hydroxylation is 1. The third-order valence-corrected chi connectivity index (χ3v) is 5.84. The summed E-state index contributed by atoms with van der Waals surface area (Å²) in [5.41, 5.74) is 0.187. The molecule has 0 aliphatic heterocycles. The van der Waals surface area contributed by atoms with Gasteiger partial charge in [0, 0.05) is 5.41 Å². The van der Waals surface area contributed by atoms with Crippen molar-refractivity contribution in [2.24, 2.45) is 5.41 Å². The second-order valence-corrected chi connectivity index (χ2v) is 7.92. The molecule has 0 radical (unpaired) electrons. The first-order valence-electron chi connectivity index (χ1n) is 7.76. The van der Waals surface area contributed by atoms with Crippen LogP contribution in [0.4, 0.5) is 0 Å². The van der Waals surface area contributed by atoms with Gasteiger partial charge in [0.15, 0.2) is 9.84 Å². The van der Waals surface area contributed by atoms with Gasteiger partial charge in [-0.25, -0.2) is 8.42 Å². The Morgan fingerprint density at radius 3 is 2.32 bits per heavy atom. The summed E-state index contributed by atoms with van der Waals surface area (Å²) in [5, 5.41) is 0. The number of rotatable bonds is 9. The fourth-order valence-corrected chi connectivity index (χ4v) is 4.27. The zero-order chi connectivity index (χ0) is 16.6. The number of carbonyl (C=O) groups is 1. The van der Waals surface area contributed by atoms with Crippen molar-refractivity contribution in [3.8, 4) is 0 Å². The highest BCUT2D eigenvalue weighted by Crippen LogP contribution is 2.31. The molecule has 0 amide bonds. The Kier molecular flexibility index (Phi) is 7.01. The Hall–Kier alpha value is -1.42. The van der Waals surface area contributed by atoms with Crippen LogP contribution in [0.15, 0.2) is 41.3 Å². The predicted molar refractivity (Wildman–Crippen MR) is 90.7 cm³/mol. The van der Waals surface area contributed by atoms with Gasteiger partial charge >= 0.3 is 0 Å². The maximum Gasteiger partial charge on any atom is 0.179 e. The molecule has 122 valence electrons. The summed E-state index contributed by atoms with van der Waals surface area (Å²) >= 11 is 0. The lowest BCUT2D eigenvalue weighted by Gasteiger charge is -2.26. The summed E-state index contributed by atoms with van der Waals surface area (Å²) in [5.74, 6) is -0.128. The SMILES string of the molecule is C/C=C/CC(C=O)(CCCC)CS(=O)(=O)c1ccc(C)cc1. The van der Waals surface area contributed by atoms with Gasteiger partial charge in [-0.15, -0.1) is 0 Å². The molecule has 1 rings (SSSR count). The van der Waals surface area contributed by atoms with Gasteiger partial charge in [0.1, 0.15) is 6.29 Å². The smallest absolute Gasteiger partial charge is 0.179 e. The van der Waals surface area contributed by atoms with Gasteiger partial charge in [0.25, 0.3) is 0 Å². The molecule has 0 fully saturated rings. The van der Waals surface area contributed by atoms with E-state index in [-0.39, 0.29) is 5.75 Å². The molecule has 0 bridgehead atoms. The van der Waals surface area contributed by atoms with E-state index in [2.05, 4.69) is 0 Å². The molecule has 0 saturated carbocycles. The molecule has 4 heteroatoms. The molecule has 0 aromatic heterocycles. The van der Waals surface area contributed by atoms with E-state index in [9.17, 15) is 13.2 Å². The van der Waals surface area contributed by atoms with Crippen LogP contribution >= 0.6 is 0 Å². The fraction of sp³-hybridized carbons (Fsp3) is 0.500. The third-order valence-electron chi connectivity index (χ3n) is 3.90. The Morgan fingerprint density at radius 2 is 1.82 bits per heavy atom. The van der Waals surface area contributed by atoms with Gasteiger partial charge in [0.2, 0.25) is 0 Å². The van der Waals surface area contributed by atoms with Gasteiger partial charge in [0.05, 0.1) is 10.6 Å². The van der Waals surface area contributed by atoms with Gasteiger partial charge in [-0.05, 0) is 38.8 Å². The number of allylic oxidation sites excluding steroid dienone is 2. The van der Waals surface area contributed by atoms with E-state index in [0.717, 1.165) is 24.7 Å². The van der Waals surface area contributed by atoms with Crippen molar-refractivity contribution in [2.75, 3.05) is 5.75 Å². The number of sulfone groups is 1. The minimum absolute atomic E-state index is 0.128. The molecular formula is C18H26O3S. The summed E-state index contributed by atoms with van der Waals surface area (Å²) in [7, 11) is -3.47. The highest BCUT2D eigenvalue weighted by molar-refractivity contribution is 7.91. The summed E-state index contributed by atoms with van der Waals surface area (Å²) < 4.78 is 25.3. The first-order valence-corrected chi connectivity index (χ1v) is 9.41. The summed E-state index contributed by atoms with van der Waals surface area (Å²) in [6, 6.07) is 6.81. The van der Waals surface area contributed by atoms with Gasteiger partial charge in [-0.1, -0.05) is 49.6 Å². The standard InChI is InChI=1S/C18H26O3S/c1-4-6-12-18(14-19,13-7-5-2)15-22(20,21)17-10-8-16(3)9-11-17/h4,6,8-11,14H,5,7,12-13,15H2,1-3H3/b6-4+. The van der Waals surface area contributed by atoms with Crippen LogP contribution in [0.5, 0.6) is 0 Å². The van der Waals surface area contributed by atoms with Crippen molar-refractivity contribution in [1.82, 2.24) is 0 Å². The molecule has 3 nitrogen and oxygen atoms in total. The molecule has 0 aliphatic carbocycles. The Morgan fingerprint density at radius 1 is 1.18 bits per heavy atom. The monoisotopic (exact) mass is 322 g/mol. The number of aldehydes is 1. The van der Waals surface area contributed by atoms with Crippen molar-refractivity contribution in [2.45, 2.75) is 51.3 Å². The van der Waals surface area contributed by atoms with Gasteiger partial charge < -0.3 is 4.79 Å². The topological polar surface area (TPSA) is 51.2 Å². The van der Waals surface area contributed by atoms with Crippen LogP contribution in [0.25, 0.3) is 0 Å². The lowest BCUT2D eigenvalue weighted by molar-refractivity contribution is -0.115. The summed E-state index contributed by atoms with van der Waals surface area (Å²) in [6.07, 6.45) is 7.45. The van der Waals surface area contributed by atoms with Crippen LogP contribution in [0.1, 0.15) is 45.1 Å². The van der Waals surface area contributed by atoms with Gasteiger partial charge in [-0.2, -0.15) is 0 Å². The third kappa shape index (κ3) is 5.09. The molecule has 0 N–H and O–H groups in total. The zero-order valence-corrected chi connectivity index (χ0v) is 14.5. The molecule has 0 spiro atoms. The van der Waals surface area contributed by atoms with Crippen molar-refractivity contribution in [1.29, 1.82) is 0 Å². The van der Waals surface area contributed by atoms with Crippen molar-refractivity contribution in [3.05, 3.63) is 42.0 Å². The lowest BCUT2D eigenvalue weighted by Crippen LogP contribution is -2.31. The van der Waals surface area contributed by atoms with Crippen LogP contribution in [0, 0.1) is 12.3 Å². The first-order chi connectivity index (χ1) is 10.4. The van der Waals surface area contributed by atoms with Crippen LogP contribution in [0.2, 0.25) is 0 Å². The second kappa shape index (κ2) is 8.28. The minimum Gasteiger partial charge on any atom is -0.303 e. The average molecular weight is 322 g/mol. The highest BCUT2D eigenvalue weighted by atomic mass is 32.2. The van der Waals surface area contributed by atoms with E-state index in [0.29, 0.717) is 17.7 Å². The van der Waals surface area contributed by atoms with Crippen molar-refractivity contribution < 1.29 is 13.2 Å². The number of benzene rings is 1. The lowest BCUT2D eigenvalue weighted by atomic mass is 9.83. The van der Waals surface area contributed by atoms with Crippen molar-refractivity contribution in [3.63, 3.8) is 0 Å². The molecule has 0 saturated heterocycles. The van der Waals surface area contributed by atoms with E-state index >= 15 is 0 Å². The fourth-order valence-electron chi connectivity index (χ4n) is 2.46. The maximum atomic E-state index is 12.7. The van der Waals surface area contributed by atoms with Crippen LogP contribution < -0.4 is 0 Å². The number of hydrogen-bond donors (Lipinski definition) is 0. The zero-order valence-electron chi connectivity index (χ0n) is 13.7. The van der Waals surface area contributed by atoms with Crippen LogP contribution in [-0.2, 0) is 14.6 Å². The van der Waals surface area contributed by atoms with Gasteiger partial charge in [-0.3, -0.25) is 0 Å². The number of carbonyl (C=O) groups excluding carboxylic acids is 1. The quantitative estimate of drug-likeness (QED) is 0.508. The molecular weight excluding hydrogens is 296 g/mol.